The Morgan fingerprint density at radius 3 is 2.96 bits per heavy atom. The summed E-state index contributed by atoms with van der Waals surface area (Å²) in [6.45, 7) is 0. The Morgan fingerprint density at radius 1 is 1.40 bits per heavy atom. The number of nitrogens with zero attached hydrogens (tertiary/aromatic N) is 2. The van der Waals surface area contributed by atoms with Crippen molar-refractivity contribution in [2.24, 2.45) is 0 Å². The molecule has 7 nitrogen and oxygen atoms in total. The van der Waals surface area contributed by atoms with E-state index in [0.717, 1.165) is 23.0 Å². The van der Waals surface area contributed by atoms with Crippen molar-refractivity contribution in [1.29, 1.82) is 0 Å². The van der Waals surface area contributed by atoms with E-state index >= 15 is 0 Å². The zero-order valence-electron chi connectivity index (χ0n) is 13.1. The summed E-state index contributed by atoms with van der Waals surface area (Å²) in [4.78, 5) is 29.4. The van der Waals surface area contributed by atoms with Crippen molar-refractivity contribution < 1.29 is 19.1 Å². The molecule has 1 N–H and O–H groups in total. The lowest BCUT2D eigenvalue weighted by molar-refractivity contribution is -0.115. The number of carbonyl (C=O) groups excluding carboxylic acids is 2. The highest BCUT2D eigenvalue weighted by Gasteiger charge is 2.32. The summed E-state index contributed by atoms with van der Waals surface area (Å²) in [6.07, 6.45) is 10.5. The van der Waals surface area contributed by atoms with Gasteiger partial charge in [-0.1, -0.05) is 6.08 Å². The molecule has 0 spiro atoms. The molecule has 0 bridgehead atoms. The largest absolute Gasteiger partial charge is 0.481 e. The van der Waals surface area contributed by atoms with Crippen molar-refractivity contribution in [3.8, 4) is 5.88 Å². The number of carbonyl (C=O) groups is 2. The van der Waals surface area contributed by atoms with Crippen LogP contribution in [0.15, 0.2) is 65.1 Å². The second-order valence-corrected chi connectivity index (χ2v) is 6.36. The molecule has 25 heavy (non-hydrogen) atoms. The number of aromatic nitrogens is 1. The lowest BCUT2D eigenvalue weighted by Gasteiger charge is -2.30. The predicted octanol–water partition coefficient (Wildman–Crippen LogP) is 2.46. The summed E-state index contributed by atoms with van der Waals surface area (Å²) in [7, 11) is 1.56. The number of allylic oxidation sites excluding steroid dienone is 3. The Labute approximate surface area is 147 Å². The van der Waals surface area contributed by atoms with Gasteiger partial charge in [-0.2, -0.15) is 0 Å². The van der Waals surface area contributed by atoms with Crippen LogP contribution < -0.4 is 15.0 Å². The predicted molar refractivity (Wildman–Crippen MR) is 92.7 cm³/mol. The third-order valence-electron chi connectivity index (χ3n) is 3.77. The van der Waals surface area contributed by atoms with Gasteiger partial charge in [-0.3, -0.25) is 14.9 Å². The molecule has 4 heterocycles. The fraction of sp³-hybridized carbons (Fsp3) is 0.118. The number of fused-ring (bicyclic) bond motifs is 1. The van der Waals surface area contributed by atoms with Crippen LogP contribution in [-0.2, 0) is 9.53 Å². The van der Waals surface area contributed by atoms with Crippen LogP contribution in [0.2, 0.25) is 0 Å². The molecule has 1 saturated heterocycles. The van der Waals surface area contributed by atoms with E-state index in [9.17, 15) is 9.59 Å². The Morgan fingerprint density at radius 2 is 2.28 bits per heavy atom. The van der Waals surface area contributed by atoms with Gasteiger partial charge >= 0.3 is 0 Å². The monoisotopic (exact) mass is 355 g/mol. The van der Waals surface area contributed by atoms with Crippen LogP contribution in [0.25, 0.3) is 0 Å². The van der Waals surface area contributed by atoms with Gasteiger partial charge < -0.3 is 14.4 Å². The van der Waals surface area contributed by atoms with E-state index < -0.39 is 5.91 Å². The Hall–Kier alpha value is -3.00. The van der Waals surface area contributed by atoms with Crippen LogP contribution in [0, 0.1) is 0 Å². The fourth-order valence-electron chi connectivity index (χ4n) is 2.63. The van der Waals surface area contributed by atoms with E-state index in [1.54, 1.807) is 25.4 Å². The highest BCUT2D eigenvalue weighted by Crippen LogP contribution is 2.35. The number of ether oxygens (including phenoxy) is 2. The molecule has 0 radical (unpaired) electrons. The van der Waals surface area contributed by atoms with Crippen LogP contribution in [0.5, 0.6) is 5.88 Å². The summed E-state index contributed by atoms with van der Waals surface area (Å²) in [5.41, 5.74) is 1.79. The normalized spacial score (nSPS) is 23.2. The minimum atomic E-state index is -0.405. The molecular formula is C17H13N3O4S. The highest BCUT2D eigenvalue weighted by atomic mass is 32.2. The first-order chi connectivity index (χ1) is 12.1. The molecule has 8 heteroatoms. The van der Waals surface area contributed by atoms with Crippen LogP contribution in [0.4, 0.5) is 10.5 Å². The molecule has 0 aromatic carbocycles. The fourth-order valence-corrected chi connectivity index (χ4v) is 3.30. The van der Waals surface area contributed by atoms with Crippen molar-refractivity contribution in [1.82, 2.24) is 10.3 Å². The summed E-state index contributed by atoms with van der Waals surface area (Å²) in [5.74, 6) is 0.654. The van der Waals surface area contributed by atoms with Crippen molar-refractivity contribution in [2.45, 2.75) is 6.23 Å². The minimum Gasteiger partial charge on any atom is -0.481 e. The quantitative estimate of drug-likeness (QED) is 0.834. The first kappa shape index (κ1) is 15.5. The summed E-state index contributed by atoms with van der Waals surface area (Å²) < 4.78 is 11.0. The van der Waals surface area contributed by atoms with Crippen LogP contribution >= 0.6 is 11.8 Å². The van der Waals surface area contributed by atoms with Gasteiger partial charge in [-0.25, -0.2) is 4.98 Å². The third-order valence-corrected chi connectivity index (χ3v) is 4.58. The summed E-state index contributed by atoms with van der Waals surface area (Å²) in [6, 6.07) is 3.66. The minimum absolute atomic E-state index is 0.320. The number of anilines is 1. The van der Waals surface area contributed by atoms with Gasteiger partial charge in [-0.15, -0.1) is 0 Å². The number of methoxy groups -OCH3 is 1. The number of imide groups is 1. The maximum absolute atomic E-state index is 11.7. The molecule has 3 aliphatic heterocycles. The molecule has 4 rings (SSSR count). The lowest BCUT2D eigenvalue weighted by atomic mass is 10.1. The SMILES string of the molecule is COc1ccc(N2C=CC=C3C=C(/C=C4\SC(=O)NC4=O)OC32)cn1. The van der Waals surface area contributed by atoms with Gasteiger partial charge in [0, 0.05) is 17.8 Å². The second-order valence-electron chi connectivity index (χ2n) is 5.34. The van der Waals surface area contributed by atoms with E-state index in [1.807, 2.05) is 35.4 Å². The summed E-state index contributed by atoms with van der Waals surface area (Å²) >= 11 is 0.863. The molecule has 0 aliphatic carbocycles. The number of rotatable bonds is 3. The summed E-state index contributed by atoms with van der Waals surface area (Å²) in [5, 5.41) is 1.85. The zero-order chi connectivity index (χ0) is 17.4. The van der Waals surface area contributed by atoms with E-state index in [0.29, 0.717) is 16.5 Å². The number of nitrogens with one attached hydrogen (secondary N) is 1. The number of pyridine rings is 1. The van der Waals surface area contributed by atoms with E-state index in [-0.39, 0.29) is 11.5 Å². The average Bonchev–Trinajstić information content (AvgIpc) is 3.17. The standard InChI is InChI=1S/C17H13N3O4S/c1-23-14-5-4-11(9-18-14)20-6-2-3-10-7-12(24-16(10)20)8-13-15(21)19-17(22)25-13/h2-9,16H,1H3,(H,19,21,22)/b13-8-. The first-order valence-corrected chi connectivity index (χ1v) is 8.26. The first-order valence-electron chi connectivity index (χ1n) is 7.44. The molecule has 1 aromatic rings. The molecule has 1 atom stereocenters. The van der Waals surface area contributed by atoms with Crippen molar-refractivity contribution in [2.75, 3.05) is 12.0 Å². The van der Waals surface area contributed by atoms with Gasteiger partial charge in [0.25, 0.3) is 11.1 Å². The molecular weight excluding hydrogens is 342 g/mol. The Kier molecular flexibility index (Phi) is 3.81. The molecule has 1 unspecified atom stereocenters. The third kappa shape index (κ3) is 2.91. The van der Waals surface area contributed by atoms with Crippen LogP contribution in [-0.4, -0.2) is 29.5 Å². The Bertz CT molecular complexity index is 870. The molecule has 1 fully saturated rings. The second kappa shape index (κ2) is 6.14. The van der Waals surface area contributed by atoms with E-state index in [4.69, 9.17) is 9.47 Å². The number of amides is 2. The number of hydrogen-bond acceptors (Lipinski definition) is 7. The van der Waals surface area contributed by atoms with Gasteiger partial charge in [0.1, 0.15) is 5.76 Å². The van der Waals surface area contributed by atoms with Gasteiger partial charge in [0.15, 0.2) is 0 Å². The van der Waals surface area contributed by atoms with Crippen molar-refractivity contribution in [3.05, 3.63) is 65.1 Å². The van der Waals surface area contributed by atoms with Crippen LogP contribution in [0.1, 0.15) is 0 Å². The van der Waals surface area contributed by atoms with Gasteiger partial charge in [-0.05, 0) is 36.1 Å². The lowest BCUT2D eigenvalue weighted by Crippen LogP contribution is -2.33. The molecule has 1 aromatic heterocycles. The van der Waals surface area contributed by atoms with Gasteiger partial charge in [0.05, 0.1) is 23.9 Å². The van der Waals surface area contributed by atoms with Crippen molar-refractivity contribution in [3.63, 3.8) is 0 Å². The molecule has 2 amide bonds. The smallest absolute Gasteiger partial charge is 0.290 e. The average molecular weight is 355 g/mol. The number of thioether (sulfide) groups is 1. The molecule has 3 aliphatic rings. The van der Waals surface area contributed by atoms with Crippen molar-refractivity contribution >= 4 is 28.6 Å². The topological polar surface area (TPSA) is 80.8 Å². The van der Waals surface area contributed by atoms with Gasteiger partial charge in [0.2, 0.25) is 12.1 Å². The maximum atomic E-state index is 11.7. The van der Waals surface area contributed by atoms with E-state index in [1.165, 1.54) is 0 Å². The molecule has 126 valence electrons. The zero-order valence-corrected chi connectivity index (χ0v) is 13.9. The Balaban J connectivity index is 1.57. The van der Waals surface area contributed by atoms with E-state index in [2.05, 4.69) is 10.3 Å². The maximum Gasteiger partial charge on any atom is 0.290 e. The van der Waals surface area contributed by atoms with Crippen LogP contribution in [0.3, 0.4) is 0 Å². The molecule has 0 saturated carbocycles. The highest BCUT2D eigenvalue weighted by molar-refractivity contribution is 8.18. The number of hydrogen-bond donors (Lipinski definition) is 1.